The van der Waals surface area contributed by atoms with Crippen molar-refractivity contribution in [3.63, 3.8) is 0 Å². The number of nitrogens with one attached hydrogen (secondary N) is 1. The number of hydrogen-bond acceptors (Lipinski definition) is 2. The van der Waals surface area contributed by atoms with Crippen molar-refractivity contribution in [1.29, 1.82) is 0 Å². The van der Waals surface area contributed by atoms with Gasteiger partial charge < -0.3 is 10.2 Å². The number of hydrogen-bond donors (Lipinski definition) is 1. The van der Waals surface area contributed by atoms with Crippen LogP contribution in [0.3, 0.4) is 0 Å². The SMILES string of the molecule is O=C(Nc1cc2c3c(c1)CCC(=O)N3CCC2)c1ccc(Br)cc1. The number of carbonyl (C=O) groups is 2. The van der Waals surface area contributed by atoms with Crippen LogP contribution in [-0.2, 0) is 17.6 Å². The van der Waals surface area contributed by atoms with Gasteiger partial charge in [-0.15, -0.1) is 0 Å². The van der Waals surface area contributed by atoms with Crippen LogP contribution in [0.4, 0.5) is 11.4 Å². The summed E-state index contributed by atoms with van der Waals surface area (Å²) in [5.74, 6) is 0.101. The molecule has 2 heterocycles. The van der Waals surface area contributed by atoms with Crippen LogP contribution in [0.15, 0.2) is 40.9 Å². The third-order valence-corrected chi connectivity index (χ3v) is 5.17. The topological polar surface area (TPSA) is 49.4 Å². The largest absolute Gasteiger partial charge is 0.322 e. The van der Waals surface area contributed by atoms with Crippen molar-refractivity contribution in [2.45, 2.75) is 25.7 Å². The Balaban J connectivity index is 1.64. The van der Waals surface area contributed by atoms with Crippen molar-refractivity contribution >= 4 is 39.1 Å². The fourth-order valence-corrected chi connectivity index (χ4v) is 3.79. The molecule has 0 radical (unpaired) electrons. The van der Waals surface area contributed by atoms with Crippen molar-refractivity contribution in [3.8, 4) is 0 Å². The number of aryl methyl sites for hydroxylation is 2. The van der Waals surface area contributed by atoms with Crippen LogP contribution in [0.2, 0.25) is 0 Å². The van der Waals surface area contributed by atoms with Gasteiger partial charge in [-0.25, -0.2) is 0 Å². The lowest BCUT2D eigenvalue weighted by Crippen LogP contribution is -2.39. The van der Waals surface area contributed by atoms with Crippen molar-refractivity contribution in [3.05, 3.63) is 57.6 Å². The van der Waals surface area contributed by atoms with Gasteiger partial charge >= 0.3 is 0 Å². The average Bonchev–Trinajstić information content (AvgIpc) is 2.58. The molecule has 0 aliphatic carbocycles. The zero-order valence-electron chi connectivity index (χ0n) is 13.1. The molecule has 1 N–H and O–H groups in total. The Morgan fingerprint density at radius 1 is 1.04 bits per heavy atom. The second-order valence-corrected chi connectivity index (χ2v) is 7.17. The van der Waals surface area contributed by atoms with Gasteiger partial charge in [0.1, 0.15) is 0 Å². The molecule has 0 fully saturated rings. The standard InChI is InChI=1S/C19H17BrN2O2/c20-15-6-3-12(4-7-15)19(24)21-16-10-13-2-1-9-22-17(23)8-5-14(11-16)18(13)22/h3-4,6-7,10-11H,1-2,5,8-9H2,(H,21,24). The molecule has 2 aliphatic heterocycles. The maximum Gasteiger partial charge on any atom is 0.255 e. The molecule has 0 spiro atoms. The summed E-state index contributed by atoms with van der Waals surface area (Å²) >= 11 is 3.37. The van der Waals surface area contributed by atoms with Gasteiger partial charge in [0.25, 0.3) is 5.91 Å². The predicted molar refractivity (Wildman–Crippen MR) is 97.5 cm³/mol. The van der Waals surface area contributed by atoms with Gasteiger partial charge in [-0.05, 0) is 66.8 Å². The van der Waals surface area contributed by atoms with Crippen molar-refractivity contribution in [2.24, 2.45) is 0 Å². The summed E-state index contributed by atoms with van der Waals surface area (Å²) < 4.78 is 0.946. The minimum atomic E-state index is -0.116. The van der Waals surface area contributed by atoms with Crippen molar-refractivity contribution in [2.75, 3.05) is 16.8 Å². The Morgan fingerprint density at radius 2 is 1.75 bits per heavy atom. The molecule has 4 rings (SSSR count). The molecule has 4 nitrogen and oxygen atoms in total. The molecule has 0 unspecified atom stereocenters. The van der Waals surface area contributed by atoms with Gasteiger partial charge in [0, 0.05) is 28.7 Å². The monoisotopic (exact) mass is 384 g/mol. The van der Waals surface area contributed by atoms with E-state index in [-0.39, 0.29) is 11.8 Å². The van der Waals surface area contributed by atoms with Crippen molar-refractivity contribution < 1.29 is 9.59 Å². The van der Waals surface area contributed by atoms with E-state index in [9.17, 15) is 9.59 Å². The molecule has 24 heavy (non-hydrogen) atoms. The lowest BCUT2D eigenvalue weighted by atomic mass is 9.91. The number of rotatable bonds is 2. The average molecular weight is 385 g/mol. The zero-order chi connectivity index (χ0) is 16.7. The summed E-state index contributed by atoms with van der Waals surface area (Å²) in [6.45, 7) is 0.809. The van der Waals surface area contributed by atoms with Crippen LogP contribution < -0.4 is 10.2 Å². The van der Waals surface area contributed by atoms with Crippen LogP contribution in [0.5, 0.6) is 0 Å². The van der Waals surface area contributed by atoms with E-state index in [0.717, 1.165) is 52.8 Å². The predicted octanol–water partition coefficient (Wildman–Crippen LogP) is 3.93. The Hall–Kier alpha value is -2.14. The van der Waals surface area contributed by atoms with Gasteiger partial charge in [0.15, 0.2) is 0 Å². The first-order chi connectivity index (χ1) is 11.6. The minimum Gasteiger partial charge on any atom is -0.322 e. The van der Waals surface area contributed by atoms with E-state index in [0.29, 0.717) is 12.0 Å². The third-order valence-electron chi connectivity index (χ3n) is 4.64. The molecule has 5 heteroatoms. The smallest absolute Gasteiger partial charge is 0.255 e. The van der Waals surface area contributed by atoms with Gasteiger partial charge in [-0.1, -0.05) is 15.9 Å². The maximum atomic E-state index is 12.4. The fraction of sp³-hybridized carbons (Fsp3) is 0.263. The van der Waals surface area contributed by atoms with Crippen molar-refractivity contribution in [1.82, 2.24) is 0 Å². The molecule has 2 aliphatic rings. The number of nitrogens with zero attached hydrogens (tertiary/aromatic N) is 1. The Morgan fingerprint density at radius 3 is 2.50 bits per heavy atom. The van der Waals surface area contributed by atoms with Crippen LogP contribution in [0.25, 0.3) is 0 Å². The molecule has 0 saturated heterocycles. The number of halogens is 1. The Kier molecular flexibility index (Phi) is 3.88. The first-order valence-corrected chi connectivity index (χ1v) is 8.94. The molecule has 2 amide bonds. The molecule has 0 saturated carbocycles. The van der Waals surface area contributed by atoms with Crippen LogP contribution >= 0.6 is 15.9 Å². The highest BCUT2D eigenvalue weighted by atomic mass is 79.9. The summed E-state index contributed by atoms with van der Waals surface area (Å²) in [5, 5.41) is 2.99. The normalized spacial score (nSPS) is 15.9. The molecular weight excluding hydrogens is 368 g/mol. The quantitative estimate of drug-likeness (QED) is 0.852. The highest BCUT2D eigenvalue weighted by molar-refractivity contribution is 9.10. The lowest BCUT2D eigenvalue weighted by Gasteiger charge is -2.35. The highest BCUT2D eigenvalue weighted by Crippen LogP contribution is 2.37. The van der Waals surface area contributed by atoms with E-state index in [1.807, 2.05) is 29.2 Å². The molecule has 0 bridgehead atoms. The van der Waals surface area contributed by atoms with E-state index in [4.69, 9.17) is 0 Å². The van der Waals surface area contributed by atoms with Crippen LogP contribution in [0, 0.1) is 0 Å². The van der Waals surface area contributed by atoms with E-state index in [1.165, 1.54) is 0 Å². The molecule has 0 aromatic heterocycles. The molecule has 2 aromatic rings. The van der Waals surface area contributed by atoms with Gasteiger partial charge in [0.05, 0.1) is 5.69 Å². The maximum absolute atomic E-state index is 12.4. The number of benzene rings is 2. The molecular formula is C19H17BrN2O2. The zero-order valence-corrected chi connectivity index (χ0v) is 14.7. The Bertz CT molecular complexity index is 813. The van der Waals surface area contributed by atoms with Gasteiger partial charge in [-0.2, -0.15) is 0 Å². The van der Waals surface area contributed by atoms with E-state index in [2.05, 4.69) is 21.2 Å². The highest BCUT2D eigenvalue weighted by Gasteiger charge is 2.29. The lowest BCUT2D eigenvalue weighted by molar-refractivity contribution is -0.119. The van der Waals surface area contributed by atoms with E-state index < -0.39 is 0 Å². The first-order valence-electron chi connectivity index (χ1n) is 8.15. The second-order valence-electron chi connectivity index (χ2n) is 6.25. The fourth-order valence-electron chi connectivity index (χ4n) is 3.53. The Labute approximate surface area is 149 Å². The summed E-state index contributed by atoms with van der Waals surface area (Å²) in [6, 6.07) is 11.3. The van der Waals surface area contributed by atoms with E-state index >= 15 is 0 Å². The van der Waals surface area contributed by atoms with Gasteiger partial charge in [0.2, 0.25) is 5.91 Å². The molecule has 122 valence electrons. The number of carbonyl (C=O) groups excluding carboxylic acids is 2. The second kappa shape index (κ2) is 6.06. The summed E-state index contributed by atoms with van der Waals surface area (Å²) in [7, 11) is 0. The first kappa shape index (κ1) is 15.4. The van der Waals surface area contributed by atoms with Crippen LogP contribution in [-0.4, -0.2) is 18.4 Å². The number of anilines is 2. The van der Waals surface area contributed by atoms with Gasteiger partial charge in [-0.3, -0.25) is 9.59 Å². The molecule has 0 atom stereocenters. The third kappa shape index (κ3) is 2.73. The summed E-state index contributed by atoms with van der Waals surface area (Å²) in [5.41, 5.74) is 4.85. The minimum absolute atomic E-state index is 0.116. The summed E-state index contributed by atoms with van der Waals surface area (Å²) in [4.78, 5) is 26.4. The molecule has 2 aromatic carbocycles. The number of amides is 2. The summed E-state index contributed by atoms with van der Waals surface area (Å²) in [6.07, 6.45) is 3.23. The van der Waals surface area contributed by atoms with Crippen LogP contribution in [0.1, 0.15) is 34.3 Å². The van der Waals surface area contributed by atoms with E-state index in [1.54, 1.807) is 12.1 Å².